The maximum Gasteiger partial charge on any atom is 0.329 e. The summed E-state index contributed by atoms with van der Waals surface area (Å²) in [6.07, 6.45) is 0. The molecular weight excluding hydrogens is 359 g/mol. The summed E-state index contributed by atoms with van der Waals surface area (Å²) in [5.41, 5.74) is 1.70. The lowest BCUT2D eigenvalue weighted by Crippen LogP contribution is -2.23. The molecule has 0 unspecified atom stereocenters. The predicted molar refractivity (Wildman–Crippen MR) is 83.0 cm³/mol. The lowest BCUT2D eigenvalue weighted by molar-refractivity contribution is 0.258. The highest BCUT2D eigenvalue weighted by Gasteiger charge is 2.16. The molecule has 0 spiro atoms. The molecule has 5 nitrogen and oxygen atoms in total. The first kappa shape index (κ1) is 14.4. The van der Waals surface area contributed by atoms with E-state index in [1.165, 1.54) is 0 Å². The van der Waals surface area contributed by atoms with E-state index in [0.717, 1.165) is 11.0 Å². The molecule has 1 aromatic carbocycles. The van der Waals surface area contributed by atoms with Crippen LogP contribution < -0.4 is 10.4 Å². The minimum Gasteiger partial charge on any atom is -0.489 e. The van der Waals surface area contributed by atoms with Crippen LogP contribution in [-0.4, -0.2) is 22.3 Å². The molecule has 0 aliphatic rings. The van der Waals surface area contributed by atoms with E-state index in [1.807, 2.05) is 55.1 Å². The maximum atomic E-state index is 12.3. The smallest absolute Gasteiger partial charge is 0.329 e. The van der Waals surface area contributed by atoms with Gasteiger partial charge in [0.15, 0.2) is 0 Å². The van der Waals surface area contributed by atoms with E-state index in [9.17, 15) is 4.79 Å². The molecule has 0 saturated heterocycles. The van der Waals surface area contributed by atoms with Gasteiger partial charge in [0.25, 0.3) is 0 Å². The molecule has 0 fully saturated rings. The number of benzene rings is 1. The molecular formula is C13H17IN2O3. The second kappa shape index (κ2) is 5.96. The van der Waals surface area contributed by atoms with E-state index in [1.54, 1.807) is 16.2 Å². The Bertz CT molecular complexity index is 631. The number of nitrogens with zero attached hydrogens (tertiary/aromatic N) is 2. The Morgan fingerprint density at radius 1 is 1.32 bits per heavy atom. The van der Waals surface area contributed by atoms with Gasteiger partial charge >= 0.3 is 5.69 Å². The van der Waals surface area contributed by atoms with Crippen LogP contribution in [0.15, 0.2) is 23.0 Å². The van der Waals surface area contributed by atoms with Crippen molar-refractivity contribution in [3.05, 3.63) is 28.7 Å². The van der Waals surface area contributed by atoms with Crippen LogP contribution in [0.5, 0.6) is 5.75 Å². The van der Waals surface area contributed by atoms with Crippen LogP contribution in [0, 0.1) is 0 Å². The quantitative estimate of drug-likeness (QED) is 0.596. The topological polar surface area (TPSA) is 45.4 Å². The van der Waals surface area contributed by atoms with Crippen molar-refractivity contribution in [2.75, 3.05) is 13.2 Å². The molecule has 0 bridgehead atoms. The minimum atomic E-state index is -0.0220. The highest BCUT2D eigenvalue weighted by Crippen LogP contribution is 2.26. The van der Waals surface area contributed by atoms with E-state index in [0.29, 0.717) is 19.0 Å². The molecule has 1 heterocycles. The molecule has 2 rings (SSSR count). The summed E-state index contributed by atoms with van der Waals surface area (Å²) in [7, 11) is 1.77. The van der Waals surface area contributed by atoms with Crippen molar-refractivity contribution in [1.82, 2.24) is 9.13 Å². The van der Waals surface area contributed by atoms with Gasteiger partial charge < -0.3 is 7.80 Å². The molecule has 1 aromatic heterocycles. The van der Waals surface area contributed by atoms with Crippen molar-refractivity contribution in [1.29, 1.82) is 0 Å². The first-order chi connectivity index (χ1) is 9.07. The van der Waals surface area contributed by atoms with Crippen LogP contribution in [0.3, 0.4) is 0 Å². The number of aromatic nitrogens is 2. The van der Waals surface area contributed by atoms with Gasteiger partial charge in [0.05, 0.1) is 12.1 Å². The van der Waals surface area contributed by atoms with Gasteiger partial charge in [0.1, 0.15) is 40.9 Å². The summed E-state index contributed by atoms with van der Waals surface area (Å²) in [6.45, 7) is 4.97. The third-order valence-corrected chi connectivity index (χ3v) is 3.44. The van der Waals surface area contributed by atoms with E-state index in [-0.39, 0.29) is 11.7 Å². The Balaban J connectivity index is 2.56. The molecule has 19 heavy (non-hydrogen) atoms. The number of imidazole rings is 1. The van der Waals surface area contributed by atoms with Gasteiger partial charge in [0.2, 0.25) is 0 Å². The second-order valence-electron chi connectivity index (χ2n) is 4.59. The number of rotatable bonds is 5. The molecule has 104 valence electrons. The normalized spacial score (nSPS) is 11.4. The average Bonchev–Trinajstić information content (AvgIpc) is 2.63. The monoisotopic (exact) mass is 376 g/mol. The molecule has 0 atom stereocenters. The van der Waals surface area contributed by atoms with E-state index in [4.69, 9.17) is 7.80 Å². The van der Waals surface area contributed by atoms with Gasteiger partial charge in [-0.1, -0.05) is 6.07 Å². The van der Waals surface area contributed by atoms with Crippen molar-refractivity contribution in [3.63, 3.8) is 0 Å². The zero-order valence-electron chi connectivity index (χ0n) is 11.2. The van der Waals surface area contributed by atoms with Crippen molar-refractivity contribution in [3.8, 4) is 5.75 Å². The molecule has 0 amide bonds. The number of ether oxygens (including phenoxy) is 1. The predicted octanol–water partition coefficient (Wildman–Crippen LogP) is 2.67. The number of fused-ring (bicyclic) bond motifs is 1. The van der Waals surface area contributed by atoms with E-state index >= 15 is 0 Å². The minimum absolute atomic E-state index is 0.0220. The van der Waals surface area contributed by atoms with Crippen LogP contribution in [-0.2, 0) is 10.1 Å². The highest BCUT2D eigenvalue weighted by molar-refractivity contribution is 14.1. The fourth-order valence-electron chi connectivity index (χ4n) is 2.20. The lowest BCUT2D eigenvalue weighted by atomic mass is 10.2. The summed E-state index contributed by atoms with van der Waals surface area (Å²) >= 11 is 1.83. The standard InChI is InChI=1S/C13H17IN2O3/c1-9(2)16-10-5-4-6-11(18-7-8-19-14)12(10)15(3)13(16)17/h4-6,9H,7-8H2,1-3H3. The Kier molecular flexibility index (Phi) is 4.51. The van der Waals surface area contributed by atoms with Gasteiger partial charge in [0, 0.05) is 13.1 Å². The van der Waals surface area contributed by atoms with Gasteiger partial charge in [-0.15, -0.1) is 0 Å². The van der Waals surface area contributed by atoms with E-state index < -0.39 is 0 Å². The summed E-state index contributed by atoms with van der Waals surface area (Å²) in [4.78, 5) is 12.3. The number of aryl methyl sites for hydroxylation is 1. The van der Waals surface area contributed by atoms with Crippen molar-refractivity contribution >= 4 is 34.0 Å². The van der Waals surface area contributed by atoms with Gasteiger partial charge in [-0.25, -0.2) is 4.79 Å². The molecule has 0 aliphatic carbocycles. The van der Waals surface area contributed by atoms with Crippen LogP contribution in [0.2, 0.25) is 0 Å². The second-order valence-corrected chi connectivity index (χ2v) is 5.21. The third-order valence-electron chi connectivity index (χ3n) is 3.00. The Morgan fingerprint density at radius 3 is 2.68 bits per heavy atom. The van der Waals surface area contributed by atoms with Crippen molar-refractivity contribution in [2.24, 2.45) is 7.05 Å². The fraction of sp³-hybridized carbons (Fsp3) is 0.462. The number of halogens is 1. The molecule has 0 N–H and O–H groups in total. The molecule has 0 radical (unpaired) electrons. The van der Waals surface area contributed by atoms with E-state index in [2.05, 4.69) is 0 Å². The average molecular weight is 376 g/mol. The summed E-state index contributed by atoms with van der Waals surface area (Å²) in [5.74, 6) is 0.713. The summed E-state index contributed by atoms with van der Waals surface area (Å²) < 4.78 is 14.0. The number of para-hydroxylation sites is 1. The third kappa shape index (κ3) is 2.64. The Hall–Kier alpha value is -1.02. The van der Waals surface area contributed by atoms with Crippen LogP contribution in [0.25, 0.3) is 11.0 Å². The van der Waals surface area contributed by atoms with Crippen LogP contribution >= 0.6 is 23.0 Å². The SMILES string of the molecule is CC(C)n1c(=O)n(C)c2c(OCCOI)cccc21. The Labute approximate surface area is 125 Å². The zero-order valence-corrected chi connectivity index (χ0v) is 13.4. The first-order valence-corrected chi connectivity index (χ1v) is 7.02. The lowest BCUT2D eigenvalue weighted by Gasteiger charge is -2.09. The number of hydrogen-bond donors (Lipinski definition) is 0. The van der Waals surface area contributed by atoms with Gasteiger partial charge in [-0.2, -0.15) is 0 Å². The van der Waals surface area contributed by atoms with Crippen LogP contribution in [0.4, 0.5) is 0 Å². The highest BCUT2D eigenvalue weighted by atomic mass is 127. The maximum absolute atomic E-state index is 12.3. The fourth-order valence-corrected chi connectivity index (χ4v) is 2.38. The first-order valence-electron chi connectivity index (χ1n) is 6.14. The number of hydrogen-bond acceptors (Lipinski definition) is 3. The molecule has 2 aromatic rings. The van der Waals surface area contributed by atoms with Crippen molar-refractivity contribution in [2.45, 2.75) is 19.9 Å². The summed E-state index contributed by atoms with van der Waals surface area (Å²) in [6, 6.07) is 5.84. The van der Waals surface area contributed by atoms with Crippen molar-refractivity contribution < 1.29 is 7.80 Å². The summed E-state index contributed by atoms with van der Waals surface area (Å²) in [5, 5.41) is 0. The zero-order chi connectivity index (χ0) is 14.0. The molecule has 6 heteroatoms. The largest absolute Gasteiger partial charge is 0.489 e. The van der Waals surface area contributed by atoms with Gasteiger partial charge in [-0.05, 0) is 26.0 Å². The Morgan fingerprint density at radius 2 is 2.05 bits per heavy atom. The van der Waals surface area contributed by atoms with Crippen LogP contribution in [0.1, 0.15) is 19.9 Å². The molecule has 0 aliphatic heterocycles. The molecule has 0 saturated carbocycles. The van der Waals surface area contributed by atoms with Gasteiger partial charge in [-0.3, -0.25) is 9.13 Å².